The van der Waals surface area contributed by atoms with Crippen molar-refractivity contribution in [3.8, 4) is 11.1 Å². The molecule has 0 saturated carbocycles. The van der Waals surface area contributed by atoms with E-state index in [4.69, 9.17) is 0 Å². The van der Waals surface area contributed by atoms with E-state index in [9.17, 15) is 0 Å². The molecule has 2 aliphatic rings. The highest BCUT2D eigenvalue weighted by molar-refractivity contribution is 9.10. The Morgan fingerprint density at radius 2 is 1.28 bits per heavy atom. The zero-order valence-electron chi connectivity index (χ0n) is 19.9. The molecule has 0 N–H and O–H groups in total. The summed E-state index contributed by atoms with van der Waals surface area (Å²) < 4.78 is 1.22. The van der Waals surface area contributed by atoms with Crippen molar-refractivity contribution in [3.05, 3.63) is 104 Å². The van der Waals surface area contributed by atoms with E-state index in [1.54, 1.807) is 0 Å². The van der Waals surface area contributed by atoms with E-state index >= 15 is 0 Å². The van der Waals surface area contributed by atoms with Crippen LogP contribution in [0.5, 0.6) is 0 Å². The van der Waals surface area contributed by atoms with Gasteiger partial charge in [0.25, 0.3) is 0 Å². The number of hydrogen-bond acceptors (Lipinski definition) is 0. The Bertz CT molecular complexity index is 1310. The Hall–Kier alpha value is -2.16. The number of fused-ring (bicyclic) bond motifs is 2. The van der Waals surface area contributed by atoms with Crippen LogP contribution in [0.25, 0.3) is 23.3 Å². The fourth-order valence-corrected chi connectivity index (χ4v) is 11.9. The van der Waals surface area contributed by atoms with E-state index in [0.717, 1.165) is 0 Å². The van der Waals surface area contributed by atoms with Crippen LogP contribution in [0.3, 0.4) is 0 Å². The summed E-state index contributed by atoms with van der Waals surface area (Å²) in [5.74, 6) is 0. The molecule has 3 aromatic carbocycles. The number of hydrogen-bond donors (Lipinski definition) is 0. The molecule has 2 heteroatoms. The molecule has 2 atom stereocenters. The van der Waals surface area contributed by atoms with E-state index < -0.39 is 8.07 Å². The summed E-state index contributed by atoms with van der Waals surface area (Å²) in [7, 11) is -1.79. The number of halogens is 1. The molecule has 3 aromatic rings. The zero-order valence-corrected chi connectivity index (χ0v) is 22.5. The van der Waals surface area contributed by atoms with Crippen molar-refractivity contribution in [2.45, 2.75) is 51.9 Å². The van der Waals surface area contributed by atoms with Crippen LogP contribution in [0.1, 0.15) is 58.3 Å². The average Bonchev–Trinajstić information content (AvgIpc) is 3.27. The predicted octanol–water partition coefficient (Wildman–Crippen LogP) is 9.22. The monoisotopic (exact) mass is 498 g/mol. The summed E-state index contributed by atoms with van der Waals surface area (Å²) in [6, 6.07) is 20.5. The van der Waals surface area contributed by atoms with Gasteiger partial charge >= 0.3 is 0 Å². The van der Waals surface area contributed by atoms with Crippen molar-refractivity contribution >= 4 is 36.2 Å². The Kier molecular flexibility index (Phi) is 5.22. The van der Waals surface area contributed by atoms with Gasteiger partial charge < -0.3 is 0 Å². The summed E-state index contributed by atoms with van der Waals surface area (Å²) in [5, 5.41) is 0. The summed E-state index contributed by atoms with van der Waals surface area (Å²) in [6.45, 7) is 14.3. The predicted molar refractivity (Wildman–Crippen MR) is 146 cm³/mol. The molecule has 0 bridgehead atoms. The quantitative estimate of drug-likeness (QED) is 0.315. The van der Waals surface area contributed by atoms with Crippen LogP contribution >= 0.6 is 15.9 Å². The van der Waals surface area contributed by atoms with Gasteiger partial charge in [-0.2, -0.15) is 0 Å². The lowest BCUT2D eigenvalue weighted by Crippen LogP contribution is -2.42. The largest absolute Gasteiger partial charge is 0.0722 e. The van der Waals surface area contributed by atoms with Gasteiger partial charge in [0, 0.05) is 15.6 Å². The van der Waals surface area contributed by atoms with Gasteiger partial charge in [-0.3, -0.25) is 0 Å². The second-order valence-electron chi connectivity index (χ2n) is 10.3. The first-order valence-corrected chi connectivity index (χ1v) is 15.5. The van der Waals surface area contributed by atoms with Gasteiger partial charge in [0.05, 0.1) is 8.07 Å². The molecule has 0 radical (unpaired) electrons. The summed E-state index contributed by atoms with van der Waals surface area (Å²) in [6.07, 6.45) is 4.90. The molecule has 162 valence electrons. The van der Waals surface area contributed by atoms with Gasteiger partial charge in [0.1, 0.15) is 0 Å². The van der Waals surface area contributed by atoms with Gasteiger partial charge in [-0.1, -0.05) is 106 Å². The molecular weight excluding hydrogens is 468 g/mol. The third-order valence-corrected chi connectivity index (χ3v) is 12.9. The van der Waals surface area contributed by atoms with Crippen molar-refractivity contribution in [2.75, 3.05) is 0 Å². The normalized spacial score (nSPS) is 19.5. The van der Waals surface area contributed by atoms with Gasteiger partial charge in [-0.15, -0.1) is 0 Å². The fourth-order valence-electron chi connectivity index (χ4n) is 6.47. The lowest BCUT2D eigenvalue weighted by atomic mass is 9.93. The first-order chi connectivity index (χ1) is 15.2. The summed E-state index contributed by atoms with van der Waals surface area (Å²) >= 11 is 3.80. The number of allylic oxidation sites excluding steroid dienone is 2. The Morgan fingerprint density at radius 3 is 1.97 bits per heavy atom. The molecule has 0 saturated heterocycles. The minimum Gasteiger partial charge on any atom is -0.0679 e. The van der Waals surface area contributed by atoms with Crippen molar-refractivity contribution in [2.24, 2.45) is 0 Å². The Balaban J connectivity index is 1.65. The van der Waals surface area contributed by atoms with Crippen LogP contribution < -0.4 is 0 Å². The number of aryl methyl sites for hydroxylation is 2. The molecule has 2 unspecified atom stereocenters. The smallest absolute Gasteiger partial charge is 0.0679 e. The average molecular weight is 500 g/mol. The highest BCUT2D eigenvalue weighted by Crippen LogP contribution is 2.54. The molecule has 32 heavy (non-hydrogen) atoms. The summed E-state index contributed by atoms with van der Waals surface area (Å²) in [5.41, 5.74) is 15.4. The third kappa shape index (κ3) is 3.23. The zero-order chi connectivity index (χ0) is 22.8. The minimum atomic E-state index is -1.79. The van der Waals surface area contributed by atoms with Crippen molar-refractivity contribution in [1.82, 2.24) is 0 Å². The number of benzene rings is 3. The number of rotatable bonds is 3. The molecule has 5 rings (SSSR count). The van der Waals surface area contributed by atoms with Crippen LogP contribution in [0.4, 0.5) is 0 Å². The van der Waals surface area contributed by atoms with Gasteiger partial charge in [-0.05, 0) is 72.7 Å². The fraction of sp³-hybridized carbons (Fsp3) is 0.267. The Morgan fingerprint density at radius 1 is 0.688 bits per heavy atom. The van der Waals surface area contributed by atoms with Crippen LogP contribution in [-0.2, 0) is 0 Å². The molecule has 2 aliphatic carbocycles. The van der Waals surface area contributed by atoms with Crippen LogP contribution in [0.15, 0.2) is 70.2 Å². The van der Waals surface area contributed by atoms with E-state index in [1.807, 2.05) is 0 Å². The topological polar surface area (TPSA) is 0 Å². The molecule has 0 fully saturated rings. The maximum Gasteiger partial charge on any atom is 0.0722 e. The summed E-state index contributed by atoms with van der Waals surface area (Å²) in [4.78, 5) is 0. The van der Waals surface area contributed by atoms with Gasteiger partial charge in [-0.25, -0.2) is 0 Å². The molecule has 0 aromatic heterocycles. The van der Waals surface area contributed by atoms with E-state index in [2.05, 4.69) is 123 Å². The molecule has 0 aliphatic heterocycles. The van der Waals surface area contributed by atoms with E-state index in [-0.39, 0.29) is 0 Å². The Labute approximate surface area is 202 Å². The lowest BCUT2D eigenvalue weighted by Gasteiger charge is -2.39. The van der Waals surface area contributed by atoms with Gasteiger partial charge in [0.15, 0.2) is 0 Å². The molecule has 0 amide bonds. The standard InChI is InChI=1S/C30H31BrSi/c1-18-13-14-19(2)25(15-18)22-9-7-10-23-26(22)16-20(3)29(23)32(5,6)30-21(4)17-27-24(30)11-8-12-28(27)31/h7-17,29-30H,1-6H3. The van der Waals surface area contributed by atoms with Gasteiger partial charge in [0.2, 0.25) is 0 Å². The maximum absolute atomic E-state index is 3.80. The maximum atomic E-state index is 3.80. The van der Waals surface area contributed by atoms with Crippen LogP contribution in [0.2, 0.25) is 13.1 Å². The lowest BCUT2D eigenvalue weighted by molar-refractivity contribution is 0.968. The van der Waals surface area contributed by atoms with E-state index in [1.165, 1.54) is 60.1 Å². The third-order valence-electron chi connectivity index (χ3n) is 7.67. The highest BCUT2D eigenvalue weighted by atomic mass is 79.9. The first-order valence-electron chi connectivity index (χ1n) is 11.6. The van der Waals surface area contributed by atoms with Crippen molar-refractivity contribution < 1.29 is 0 Å². The first kappa shape index (κ1) is 21.7. The van der Waals surface area contributed by atoms with Crippen molar-refractivity contribution in [3.63, 3.8) is 0 Å². The van der Waals surface area contributed by atoms with Crippen molar-refractivity contribution in [1.29, 1.82) is 0 Å². The van der Waals surface area contributed by atoms with Crippen LogP contribution in [0, 0.1) is 13.8 Å². The highest BCUT2D eigenvalue weighted by Gasteiger charge is 2.47. The molecule has 0 spiro atoms. The minimum absolute atomic E-state index is 0.529. The second kappa shape index (κ2) is 7.71. The molecule has 0 nitrogen and oxygen atoms in total. The SMILES string of the molecule is CC1=Cc2c(Br)cccc2C1[Si](C)(C)C1C(C)=Cc2c(-c3cc(C)ccc3C)cccc21. The molecular formula is C30H31BrSi. The molecule has 0 heterocycles. The van der Waals surface area contributed by atoms with E-state index in [0.29, 0.717) is 11.1 Å². The van der Waals surface area contributed by atoms with Crippen LogP contribution in [-0.4, -0.2) is 8.07 Å². The second-order valence-corrected chi connectivity index (χ2v) is 16.0.